The maximum Gasteiger partial charge on any atom is 0.276 e. The molecule has 6 nitrogen and oxygen atoms in total. The number of ether oxygens (including phenoxy) is 1. The van der Waals surface area contributed by atoms with Crippen molar-refractivity contribution in [2.24, 2.45) is 5.92 Å². The molecule has 4 aromatic rings. The molecule has 202 valence electrons. The van der Waals surface area contributed by atoms with E-state index in [0.717, 1.165) is 45.0 Å². The summed E-state index contributed by atoms with van der Waals surface area (Å²) in [7, 11) is 0. The highest BCUT2D eigenvalue weighted by Gasteiger charge is 2.30. The van der Waals surface area contributed by atoms with Crippen LogP contribution in [-0.4, -0.2) is 36.4 Å². The molecule has 1 saturated carbocycles. The number of halogens is 1. The second kappa shape index (κ2) is 10.2. The van der Waals surface area contributed by atoms with E-state index in [2.05, 4.69) is 0 Å². The Morgan fingerprint density at radius 3 is 2.75 bits per heavy atom. The van der Waals surface area contributed by atoms with Crippen LogP contribution in [0.1, 0.15) is 50.5 Å². The molecular weight excluding hydrogens is 525 g/mol. The first-order valence-corrected chi connectivity index (χ1v) is 14.6. The normalized spacial score (nSPS) is 16.2. The van der Waals surface area contributed by atoms with E-state index in [1.54, 1.807) is 28.4 Å². The van der Waals surface area contributed by atoms with Crippen LogP contribution in [0.4, 0.5) is 15.9 Å². The van der Waals surface area contributed by atoms with Gasteiger partial charge in [-0.3, -0.25) is 9.59 Å². The molecule has 0 N–H and O–H groups in total. The number of rotatable bonds is 5. The number of hydrogen-bond acceptors (Lipinski definition) is 6. The predicted molar refractivity (Wildman–Crippen MR) is 154 cm³/mol. The average molecular weight is 554 g/mol. The minimum atomic E-state index is -0.311. The van der Waals surface area contributed by atoms with Gasteiger partial charge in [0, 0.05) is 35.5 Å². The van der Waals surface area contributed by atoms with Crippen molar-refractivity contribution in [2.45, 2.75) is 32.2 Å². The SMILES string of the molecule is O=C(CC1CC1)c1cc2c(s1)-c1ccccc1N(C(=O)c1cccc(N3CCOc4ccc(F)cc4C3)n1)CC2. The highest BCUT2D eigenvalue weighted by Crippen LogP contribution is 2.43. The molecule has 2 aliphatic heterocycles. The highest BCUT2D eigenvalue weighted by molar-refractivity contribution is 7.17. The van der Waals surface area contributed by atoms with Crippen molar-refractivity contribution in [3.8, 4) is 16.2 Å². The van der Waals surface area contributed by atoms with Gasteiger partial charge in [-0.05, 0) is 73.2 Å². The molecule has 2 aromatic carbocycles. The average Bonchev–Trinajstić information content (AvgIpc) is 3.75. The number of nitrogens with zero attached hydrogens (tertiary/aromatic N) is 3. The lowest BCUT2D eigenvalue weighted by molar-refractivity contribution is 0.0972. The first kappa shape index (κ1) is 25.0. The van der Waals surface area contributed by atoms with Crippen molar-refractivity contribution in [2.75, 3.05) is 29.5 Å². The summed E-state index contributed by atoms with van der Waals surface area (Å²) in [5, 5.41) is 0. The molecule has 0 radical (unpaired) electrons. The Labute approximate surface area is 236 Å². The summed E-state index contributed by atoms with van der Waals surface area (Å²) in [4.78, 5) is 37.3. The van der Waals surface area contributed by atoms with E-state index in [0.29, 0.717) is 62.3 Å². The number of thiophene rings is 1. The van der Waals surface area contributed by atoms with Crippen molar-refractivity contribution < 1.29 is 18.7 Å². The monoisotopic (exact) mass is 553 g/mol. The summed E-state index contributed by atoms with van der Waals surface area (Å²) in [5.74, 6) is 1.61. The minimum Gasteiger partial charge on any atom is -0.491 e. The first-order chi connectivity index (χ1) is 19.5. The molecule has 2 aromatic heterocycles. The quantitative estimate of drug-likeness (QED) is 0.263. The van der Waals surface area contributed by atoms with Crippen molar-refractivity contribution in [3.05, 3.63) is 94.2 Å². The number of hydrogen-bond donors (Lipinski definition) is 0. The number of aromatic nitrogens is 1. The predicted octanol–water partition coefficient (Wildman–Crippen LogP) is 6.53. The number of carbonyl (C=O) groups excluding carboxylic acids is 2. The number of fused-ring (bicyclic) bond motifs is 4. The van der Waals surface area contributed by atoms with Gasteiger partial charge in [0.1, 0.15) is 29.7 Å². The zero-order valence-corrected chi connectivity index (χ0v) is 22.8. The van der Waals surface area contributed by atoms with E-state index in [1.807, 2.05) is 47.4 Å². The lowest BCUT2D eigenvalue weighted by Crippen LogP contribution is -2.34. The van der Waals surface area contributed by atoms with Gasteiger partial charge in [-0.2, -0.15) is 0 Å². The fraction of sp³-hybridized carbons (Fsp3) is 0.281. The number of anilines is 2. The minimum absolute atomic E-state index is 0.174. The van der Waals surface area contributed by atoms with E-state index >= 15 is 0 Å². The lowest BCUT2D eigenvalue weighted by Gasteiger charge is -2.24. The van der Waals surface area contributed by atoms with Crippen LogP contribution in [0.5, 0.6) is 5.75 Å². The summed E-state index contributed by atoms with van der Waals surface area (Å²) in [5.41, 5.74) is 4.01. The smallest absolute Gasteiger partial charge is 0.276 e. The first-order valence-electron chi connectivity index (χ1n) is 13.7. The Balaban J connectivity index is 1.17. The van der Waals surface area contributed by atoms with Crippen LogP contribution in [-0.2, 0) is 13.0 Å². The molecule has 1 aliphatic carbocycles. The van der Waals surface area contributed by atoms with E-state index in [9.17, 15) is 14.0 Å². The Morgan fingerprint density at radius 2 is 1.88 bits per heavy atom. The standard InChI is InChI=1S/C32H28FN3O3S/c33-23-10-11-28-22(17-23)19-35(14-15-39-28)30-7-3-5-25(34-30)32(38)36-13-12-21-18-29(27(37)16-20-8-9-20)40-31(21)24-4-1-2-6-26(24)36/h1-7,10-11,17-18,20H,8-9,12-16,19H2. The number of pyridine rings is 1. The highest BCUT2D eigenvalue weighted by atomic mass is 32.1. The van der Waals surface area contributed by atoms with Crippen molar-refractivity contribution >= 4 is 34.5 Å². The van der Waals surface area contributed by atoms with Gasteiger partial charge in [0.25, 0.3) is 5.91 Å². The van der Waals surface area contributed by atoms with E-state index in [-0.39, 0.29) is 17.5 Å². The van der Waals surface area contributed by atoms with Crippen LogP contribution >= 0.6 is 11.3 Å². The van der Waals surface area contributed by atoms with Crippen molar-refractivity contribution in [3.63, 3.8) is 0 Å². The molecule has 1 fully saturated rings. The third kappa shape index (κ3) is 4.77. The fourth-order valence-electron chi connectivity index (χ4n) is 5.54. The molecule has 0 bridgehead atoms. The second-order valence-corrected chi connectivity index (χ2v) is 11.7. The summed E-state index contributed by atoms with van der Waals surface area (Å²) in [6.07, 6.45) is 3.61. The molecule has 1 amide bonds. The molecular formula is C32H28FN3O3S. The Kier molecular flexibility index (Phi) is 6.35. The van der Waals surface area contributed by atoms with Gasteiger partial charge in [0.05, 0.1) is 17.1 Å². The van der Waals surface area contributed by atoms with Gasteiger partial charge in [0.2, 0.25) is 0 Å². The molecule has 0 unspecified atom stereocenters. The molecule has 4 heterocycles. The Hall–Kier alpha value is -4.04. The Morgan fingerprint density at radius 1 is 1.00 bits per heavy atom. The molecule has 0 atom stereocenters. The summed E-state index contributed by atoms with van der Waals surface area (Å²) >= 11 is 1.55. The van der Waals surface area contributed by atoms with Crippen LogP contribution in [0.15, 0.2) is 66.7 Å². The third-order valence-corrected chi connectivity index (χ3v) is 9.08. The van der Waals surface area contributed by atoms with Gasteiger partial charge in [-0.1, -0.05) is 24.3 Å². The van der Waals surface area contributed by atoms with Gasteiger partial charge in [-0.15, -0.1) is 11.3 Å². The molecule has 8 heteroatoms. The van der Waals surface area contributed by atoms with E-state index < -0.39 is 0 Å². The Bertz CT molecular complexity index is 1630. The van der Waals surface area contributed by atoms with Crippen LogP contribution in [0.25, 0.3) is 10.4 Å². The summed E-state index contributed by atoms with van der Waals surface area (Å²) in [6, 6.07) is 19.9. The number of benzene rings is 2. The number of Topliss-reactive ketones (excluding diaryl/α,β-unsaturated/α-hetero) is 1. The molecule has 7 rings (SSSR count). The second-order valence-electron chi connectivity index (χ2n) is 10.7. The number of amides is 1. The van der Waals surface area contributed by atoms with Crippen LogP contribution in [0, 0.1) is 11.7 Å². The number of ketones is 1. The molecule has 0 saturated heterocycles. The molecule has 0 spiro atoms. The summed E-state index contributed by atoms with van der Waals surface area (Å²) < 4.78 is 19.7. The van der Waals surface area contributed by atoms with Crippen LogP contribution in [0.2, 0.25) is 0 Å². The van der Waals surface area contributed by atoms with Gasteiger partial charge in [-0.25, -0.2) is 9.37 Å². The van der Waals surface area contributed by atoms with E-state index in [1.165, 1.54) is 12.1 Å². The van der Waals surface area contributed by atoms with Crippen molar-refractivity contribution in [1.29, 1.82) is 0 Å². The third-order valence-electron chi connectivity index (χ3n) is 7.82. The largest absolute Gasteiger partial charge is 0.491 e. The molecule has 40 heavy (non-hydrogen) atoms. The fourth-order valence-corrected chi connectivity index (χ4v) is 6.74. The van der Waals surface area contributed by atoms with Crippen molar-refractivity contribution in [1.82, 2.24) is 4.98 Å². The van der Waals surface area contributed by atoms with Crippen LogP contribution < -0.4 is 14.5 Å². The van der Waals surface area contributed by atoms with Gasteiger partial charge >= 0.3 is 0 Å². The maximum absolute atomic E-state index is 14.0. The topological polar surface area (TPSA) is 62.7 Å². The van der Waals surface area contributed by atoms with E-state index in [4.69, 9.17) is 9.72 Å². The number of carbonyl (C=O) groups is 2. The lowest BCUT2D eigenvalue weighted by atomic mass is 10.1. The molecule has 3 aliphatic rings. The zero-order valence-electron chi connectivity index (χ0n) is 21.9. The van der Waals surface area contributed by atoms with Gasteiger partial charge < -0.3 is 14.5 Å². The zero-order chi connectivity index (χ0) is 27.2. The number of para-hydroxylation sites is 1. The van der Waals surface area contributed by atoms with Gasteiger partial charge in [0.15, 0.2) is 5.78 Å². The summed E-state index contributed by atoms with van der Waals surface area (Å²) in [6.45, 7) is 1.93. The maximum atomic E-state index is 14.0. The van der Waals surface area contributed by atoms with Crippen LogP contribution in [0.3, 0.4) is 0 Å².